The number of aromatic carboxylic acids is 1. The van der Waals surface area contributed by atoms with Gasteiger partial charge in [-0.25, -0.2) is 4.79 Å². The summed E-state index contributed by atoms with van der Waals surface area (Å²) in [6, 6.07) is 24.2. The summed E-state index contributed by atoms with van der Waals surface area (Å²) in [5.74, 6) is -0.209. The van der Waals surface area contributed by atoms with Crippen LogP contribution in [0.1, 0.15) is 21.5 Å². The number of ether oxygens (including phenoxy) is 1. The maximum Gasteiger partial charge on any atom is 0.336 e. The van der Waals surface area contributed by atoms with E-state index in [0.717, 1.165) is 28.5 Å². The SMILES string of the molecule is COc1cccc2c(C(=O)O)cc3c(c12)-c1ccc(-c2ccccc2)cc1C3. The minimum atomic E-state index is -0.915. The number of carboxylic acid groups (broad SMARTS) is 1. The first-order chi connectivity index (χ1) is 13.7. The Kier molecular flexibility index (Phi) is 3.69. The molecule has 3 nitrogen and oxygen atoms in total. The molecule has 1 aliphatic rings. The van der Waals surface area contributed by atoms with E-state index in [-0.39, 0.29) is 0 Å². The number of benzene rings is 4. The highest BCUT2D eigenvalue weighted by molar-refractivity contribution is 6.13. The molecule has 3 heteroatoms. The lowest BCUT2D eigenvalue weighted by Gasteiger charge is -2.13. The second-order valence-corrected chi connectivity index (χ2v) is 7.06. The summed E-state index contributed by atoms with van der Waals surface area (Å²) in [6.45, 7) is 0. The first kappa shape index (κ1) is 16.6. The smallest absolute Gasteiger partial charge is 0.336 e. The molecule has 0 saturated heterocycles. The Labute approximate surface area is 162 Å². The number of carboxylic acids is 1. The van der Waals surface area contributed by atoms with Gasteiger partial charge in [0.05, 0.1) is 12.7 Å². The van der Waals surface area contributed by atoms with Crippen molar-refractivity contribution in [2.45, 2.75) is 6.42 Å². The molecule has 0 aromatic heterocycles. The molecule has 0 fully saturated rings. The maximum absolute atomic E-state index is 11.9. The van der Waals surface area contributed by atoms with Gasteiger partial charge in [0, 0.05) is 10.8 Å². The Bertz CT molecular complexity index is 1240. The zero-order valence-corrected chi connectivity index (χ0v) is 15.4. The quantitative estimate of drug-likeness (QED) is 0.440. The van der Waals surface area contributed by atoms with Gasteiger partial charge in [0.1, 0.15) is 5.75 Å². The predicted octanol–water partition coefficient (Wildman–Crippen LogP) is 5.78. The molecule has 1 aliphatic carbocycles. The zero-order chi connectivity index (χ0) is 19.3. The molecule has 5 rings (SSSR count). The van der Waals surface area contributed by atoms with E-state index in [9.17, 15) is 9.90 Å². The fourth-order valence-electron chi connectivity index (χ4n) is 4.29. The van der Waals surface area contributed by atoms with E-state index in [1.54, 1.807) is 7.11 Å². The van der Waals surface area contributed by atoms with Gasteiger partial charge in [-0.1, -0.05) is 60.7 Å². The zero-order valence-electron chi connectivity index (χ0n) is 15.4. The third-order valence-electron chi connectivity index (χ3n) is 5.52. The lowest BCUT2D eigenvalue weighted by molar-refractivity contribution is 0.0699. The second-order valence-electron chi connectivity index (χ2n) is 7.06. The molecular formula is C25H18O3. The number of carbonyl (C=O) groups is 1. The lowest BCUT2D eigenvalue weighted by Crippen LogP contribution is -2.00. The van der Waals surface area contributed by atoms with Crippen molar-refractivity contribution in [2.24, 2.45) is 0 Å². The summed E-state index contributed by atoms with van der Waals surface area (Å²) in [7, 11) is 1.63. The van der Waals surface area contributed by atoms with Crippen molar-refractivity contribution in [3.05, 3.63) is 89.5 Å². The van der Waals surface area contributed by atoms with Gasteiger partial charge in [-0.3, -0.25) is 0 Å². The van der Waals surface area contributed by atoms with Gasteiger partial charge in [-0.2, -0.15) is 0 Å². The van der Waals surface area contributed by atoms with Crippen LogP contribution < -0.4 is 4.74 Å². The number of rotatable bonds is 3. The van der Waals surface area contributed by atoms with Crippen LogP contribution in [0.5, 0.6) is 5.75 Å². The van der Waals surface area contributed by atoms with Crippen molar-refractivity contribution < 1.29 is 14.6 Å². The molecule has 0 radical (unpaired) electrons. The number of fused-ring (bicyclic) bond motifs is 5. The third kappa shape index (κ3) is 2.40. The van der Waals surface area contributed by atoms with Crippen LogP contribution in [0.2, 0.25) is 0 Å². The molecular weight excluding hydrogens is 348 g/mol. The van der Waals surface area contributed by atoms with Crippen LogP contribution in [-0.4, -0.2) is 18.2 Å². The highest BCUT2D eigenvalue weighted by Crippen LogP contribution is 2.46. The third-order valence-corrected chi connectivity index (χ3v) is 5.52. The fraction of sp³-hybridized carbons (Fsp3) is 0.0800. The number of hydrogen-bond acceptors (Lipinski definition) is 2. The van der Waals surface area contributed by atoms with Crippen LogP contribution in [0.15, 0.2) is 72.8 Å². The normalized spacial score (nSPS) is 11.9. The molecule has 28 heavy (non-hydrogen) atoms. The van der Waals surface area contributed by atoms with Crippen molar-refractivity contribution in [3.8, 4) is 28.0 Å². The minimum Gasteiger partial charge on any atom is -0.496 e. The van der Waals surface area contributed by atoms with Crippen molar-refractivity contribution in [1.29, 1.82) is 0 Å². The number of methoxy groups -OCH3 is 1. The van der Waals surface area contributed by atoms with Crippen LogP contribution in [0.25, 0.3) is 33.0 Å². The lowest BCUT2D eigenvalue weighted by atomic mass is 9.93. The highest BCUT2D eigenvalue weighted by Gasteiger charge is 2.26. The maximum atomic E-state index is 11.9. The average Bonchev–Trinajstić information content (AvgIpc) is 3.10. The summed E-state index contributed by atoms with van der Waals surface area (Å²) in [4.78, 5) is 11.9. The Balaban J connectivity index is 1.78. The van der Waals surface area contributed by atoms with E-state index in [0.29, 0.717) is 16.7 Å². The molecule has 0 unspecified atom stereocenters. The molecule has 4 aromatic rings. The van der Waals surface area contributed by atoms with E-state index in [4.69, 9.17) is 4.74 Å². The van der Waals surface area contributed by atoms with Crippen molar-refractivity contribution >= 4 is 16.7 Å². The van der Waals surface area contributed by atoms with E-state index in [1.165, 1.54) is 16.7 Å². The van der Waals surface area contributed by atoms with Gasteiger partial charge in [0.25, 0.3) is 0 Å². The standard InChI is InChI=1S/C25H18O3/c1-28-22-9-5-8-20-21(25(26)27)14-18-13-17-12-16(15-6-3-2-4-7-15)10-11-19(17)23(18)24(20)22/h2-12,14H,13H2,1H3,(H,26,27). The van der Waals surface area contributed by atoms with Crippen molar-refractivity contribution in [3.63, 3.8) is 0 Å². The molecule has 0 atom stereocenters. The van der Waals surface area contributed by atoms with Crippen LogP contribution in [-0.2, 0) is 6.42 Å². The summed E-state index contributed by atoms with van der Waals surface area (Å²) >= 11 is 0. The predicted molar refractivity (Wildman–Crippen MR) is 111 cm³/mol. The molecule has 0 spiro atoms. The molecule has 0 heterocycles. The summed E-state index contributed by atoms with van der Waals surface area (Å²) in [6.07, 6.45) is 0.722. The summed E-state index contributed by atoms with van der Waals surface area (Å²) < 4.78 is 5.60. The Morgan fingerprint density at radius 2 is 1.71 bits per heavy atom. The highest BCUT2D eigenvalue weighted by atomic mass is 16.5. The Morgan fingerprint density at radius 1 is 0.893 bits per heavy atom. The van der Waals surface area contributed by atoms with Crippen LogP contribution in [0, 0.1) is 0 Å². The van der Waals surface area contributed by atoms with Gasteiger partial charge in [-0.15, -0.1) is 0 Å². The van der Waals surface area contributed by atoms with Crippen LogP contribution >= 0.6 is 0 Å². The average molecular weight is 366 g/mol. The van der Waals surface area contributed by atoms with Crippen LogP contribution in [0.3, 0.4) is 0 Å². The van der Waals surface area contributed by atoms with Crippen molar-refractivity contribution in [2.75, 3.05) is 7.11 Å². The Hall–Kier alpha value is -3.59. The molecule has 4 aromatic carbocycles. The fourth-order valence-corrected chi connectivity index (χ4v) is 4.29. The van der Waals surface area contributed by atoms with Gasteiger partial charge >= 0.3 is 5.97 Å². The van der Waals surface area contributed by atoms with Crippen molar-refractivity contribution in [1.82, 2.24) is 0 Å². The molecule has 0 bridgehead atoms. The van der Waals surface area contributed by atoms with Gasteiger partial charge in [-0.05, 0) is 51.9 Å². The molecule has 1 N–H and O–H groups in total. The first-order valence-electron chi connectivity index (χ1n) is 9.22. The van der Waals surface area contributed by atoms with Gasteiger partial charge < -0.3 is 9.84 Å². The molecule has 0 aliphatic heterocycles. The van der Waals surface area contributed by atoms with Gasteiger partial charge in [0.15, 0.2) is 0 Å². The largest absolute Gasteiger partial charge is 0.496 e. The monoisotopic (exact) mass is 366 g/mol. The minimum absolute atomic E-state index is 0.323. The van der Waals surface area contributed by atoms with E-state index < -0.39 is 5.97 Å². The second kappa shape index (κ2) is 6.24. The van der Waals surface area contributed by atoms with E-state index in [2.05, 4.69) is 30.3 Å². The molecule has 0 amide bonds. The number of hydrogen-bond donors (Lipinski definition) is 1. The van der Waals surface area contributed by atoms with Gasteiger partial charge in [0.2, 0.25) is 0 Å². The molecule has 0 saturated carbocycles. The molecule has 136 valence electrons. The summed E-state index contributed by atoms with van der Waals surface area (Å²) in [5.41, 5.74) is 7.16. The topological polar surface area (TPSA) is 46.5 Å². The summed E-state index contributed by atoms with van der Waals surface area (Å²) in [5, 5.41) is 11.3. The Morgan fingerprint density at radius 3 is 2.46 bits per heavy atom. The van der Waals surface area contributed by atoms with E-state index in [1.807, 2.05) is 42.5 Å². The van der Waals surface area contributed by atoms with E-state index >= 15 is 0 Å². The first-order valence-corrected chi connectivity index (χ1v) is 9.22. The van der Waals surface area contributed by atoms with Crippen LogP contribution in [0.4, 0.5) is 0 Å².